The summed E-state index contributed by atoms with van der Waals surface area (Å²) < 4.78 is 1.15. The van der Waals surface area contributed by atoms with Crippen molar-refractivity contribution >= 4 is 38.5 Å². The van der Waals surface area contributed by atoms with Gasteiger partial charge in [0, 0.05) is 25.6 Å². The lowest BCUT2D eigenvalue weighted by Crippen LogP contribution is -2.48. The SMILES string of the molecule is O=C(NCCNc1nc2ccccc2s1)[C@@H]1CCCN1C(=O)C1CCCCC1. The third-order valence-corrected chi connectivity index (χ3v) is 6.78. The van der Waals surface area contributed by atoms with Crippen molar-refractivity contribution in [2.24, 2.45) is 5.92 Å². The van der Waals surface area contributed by atoms with E-state index >= 15 is 0 Å². The number of hydrogen-bond donors (Lipinski definition) is 2. The number of amides is 2. The predicted octanol–water partition coefficient (Wildman–Crippen LogP) is 3.40. The second-order valence-corrected chi connectivity index (χ2v) is 8.76. The number of para-hydroxylation sites is 1. The van der Waals surface area contributed by atoms with E-state index in [9.17, 15) is 9.59 Å². The quantitative estimate of drug-likeness (QED) is 0.729. The lowest BCUT2D eigenvalue weighted by atomic mass is 9.88. The van der Waals surface area contributed by atoms with Gasteiger partial charge in [0.15, 0.2) is 5.13 Å². The number of nitrogens with zero attached hydrogens (tertiary/aromatic N) is 2. The molecule has 2 fully saturated rings. The molecule has 1 aromatic carbocycles. The first-order valence-corrected chi connectivity index (χ1v) is 11.2. The summed E-state index contributed by atoms with van der Waals surface area (Å²) in [6, 6.07) is 7.74. The fraction of sp³-hybridized carbons (Fsp3) is 0.571. The Hall–Kier alpha value is -2.15. The van der Waals surface area contributed by atoms with E-state index in [0.717, 1.165) is 60.4 Å². The predicted molar refractivity (Wildman–Crippen MR) is 112 cm³/mol. The van der Waals surface area contributed by atoms with Crippen LogP contribution >= 0.6 is 11.3 Å². The highest BCUT2D eigenvalue weighted by Crippen LogP contribution is 2.29. The van der Waals surface area contributed by atoms with Crippen LogP contribution in [0.3, 0.4) is 0 Å². The van der Waals surface area contributed by atoms with Crippen molar-refractivity contribution in [3.8, 4) is 0 Å². The molecule has 150 valence electrons. The Balaban J connectivity index is 1.25. The summed E-state index contributed by atoms with van der Waals surface area (Å²) in [5, 5.41) is 7.14. The maximum absolute atomic E-state index is 12.8. The summed E-state index contributed by atoms with van der Waals surface area (Å²) in [7, 11) is 0. The van der Waals surface area contributed by atoms with E-state index in [1.807, 2.05) is 23.1 Å². The van der Waals surface area contributed by atoms with Crippen molar-refractivity contribution in [2.75, 3.05) is 25.0 Å². The lowest BCUT2D eigenvalue weighted by Gasteiger charge is -2.30. The molecule has 4 rings (SSSR count). The zero-order chi connectivity index (χ0) is 19.3. The topological polar surface area (TPSA) is 74.3 Å². The summed E-state index contributed by atoms with van der Waals surface area (Å²) in [5.41, 5.74) is 0.988. The molecule has 1 aliphatic carbocycles. The zero-order valence-electron chi connectivity index (χ0n) is 16.2. The molecule has 6 nitrogen and oxygen atoms in total. The molecule has 2 aliphatic rings. The van der Waals surface area contributed by atoms with Gasteiger partial charge >= 0.3 is 0 Å². The first kappa shape index (κ1) is 19.2. The zero-order valence-corrected chi connectivity index (χ0v) is 17.0. The van der Waals surface area contributed by atoms with Gasteiger partial charge in [0.1, 0.15) is 6.04 Å². The molecule has 2 aromatic rings. The van der Waals surface area contributed by atoms with Crippen molar-refractivity contribution in [1.29, 1.82) is 0 Å². The Morgan fingerprint density at radius 1 is 1.07 bits per heavy atom. The number of nitrogens with one attached hydrogen (secondary N) is 2. The minimum Gasteiger partial charge on any atom is -0.360 e. The molecule has 7 heteroatoms. The number of rotatable bonds is 6. The molecule has 1 aromatic heterocycles. The first-order chi connectivity index (χ1) is 13.7. The second-order valence-electron chi connectivity index (χ2n) is 7.73. The minimum atomic E-state index is -0.295. The summed E-state index contributed by atoms with van der Waals surface area (Å²) in [6.45, 7) is 1.86. The smallest absolute Gasteiger partial charge is 0.242 e. The van der Waals surface area contributed by atoms with Crippen LogP contribution in [0, 0.1) is 5.92 Å². The van der Waals surface area contributed by atoms with E-state index in [1.54, 1.807) is 11.3 Å². The molecule has 1 atom stereocenters. The highest BCUT2D eigenvalue weighted by atomic mass is 32.1. The molecule has 0 unspecified atom stereocenters. The van der Waals surface area contributed by atoms with Crippen molar-refractivity contribution in [2.45, 2.75) is 51.0 Å². The molecule has 0 spiro atoms. The normalized spacial score (nSPS) is 20.4. The standard InChI is InChI=1S/C21H28N4O2S/c26-19(17-10-6-14-25(17)20(27)15-7-2-1-3-8-15)22-12-13-23-21-24-16-9-4-5-11-18(16)28-21/h4-5,9,11,15,17H,1-3,6-8,10,12-14H2,(H,22,26)(H,23,24)/t17-/m0/s1. The highest BCUT2D eigenvalue weighted by Gasteiger charge is 2.37. The Kier molecular flexibility index (Phi) is 6.10. The maximum Gasteiger partial charge on any atom is 0.242 e. The third-order valence-electron chi connectivity index (χ3n) is 5.79. The summed E-state index contributed by atoms with van der Waals surface area (Å²) in [5.74, 6) is 0.306. The van der Waals surface area contributed by atoms with Gasteiger partial charge in [-0.15, -0.1) is 0 Å². The van der Waals surface area contributed by atoms with E-state index in [-0.39, 0.29) is 23.8 Å². The summed E-state index contributed by atoms with van der Waals surface area (Å²) in [4.78, 5) is 31.9. The molecular weight excluding hydrogens is 372 g/mol. The van der Waals surface area contributed by atoms with Crippen LogP contribution in [0.5, 0.6) is 0 Å². The van der Waals surface area contributed by atoms with Gasteiger partial charge in [-0.2, -0.15) is 0 Å². The number of aromatic nitrogens is 1. The van der Waals surface area contributed by atoms with Gasteiger partial charge < -0.3 is 15.5 Å². The van der Waals surface area contributed by atoms with Crippen molar-refractivity contribution in [1.82, 2.24) is 15.2 Å². The van der Waals surface area contributed by atoms with E-state index in [1.165, 1.54) is 6.42 Å². The van der Waals surface area contributed by atoms with E-state index < -0.39 is 0 Å². The highest BCUT2D eigenvalue weighted by molar-refractivity contribution is 7.22. The number of carbonyl (C=O) groups is 2. The number of anilines is 1. The van der Waals surface area contributed by atoms with Crippen LogP contribution in [0.15, 0.2) is 24.3 Å². The molecule has 1 aliphatic heterocycles. The molecule has 2 amide bonds. The van der Waals surface area contributed by atoms with Crippen LogP contribution in [0.2, 0.25) is 0 Å². The van der Waals surface area contributed by atoms with Crippen LogP contribution < -0.4 is 10.6 Å². The van der Waals surface area contributed by atoms with Crippen LogP contribution in [-0.2, 0) is 9.59 Å². The van der Waals surface area contributed by atoms with Crippen LogP contribution in [-0.4, -0.2) is 47.4 Å². The molecule has 1 saturated carbocycles. The van der Waals surface area contributed by atoms with Gasteiger partial charge in [0.25, 0.3) is 0 Å². The van der Waals surface area contributed by atoms with Crippen molar-refractivity contribution in [3.05, 3.63) is 24.3 Å². The van der Waals surface area contributed by atoms with Gasteiger partial charge in [-0.25, -0.2) is 4.98 Å². The number of benzene rings is 1. The molecule has 2 N–H and O–H groups in total. The molecule has 0 radical (unpaired) electrons. The lowest BCUT2D eigenvalue weighted by molar-refractivity contribution is -0.142. The van der Waals surface area contributed by atoms with Crippen molar-refractivity contribution < 1.29 is 9.59 Å². The van der Waals surface area contributed by atoms with Crippen LogP contribution in [0.4, 0.5) is 5.13 Å². The fourth-order valence-corrected chi connectivity index (χ4v) is 5.20. The van der Waals surface area contributed by atoms with Gasteiger partial charge in [-0.05, 0) is 37.8 Å². The molecule has 0 bridgehead atoms. The van der Waals surface area contributed by atoms with Gasteiger partial charge in [-0.3, -0.25) is 9.59 Å². The minimum absolute atomic E-state index is 0.0206. The number of hydrogen-bond acceptors (Lipinski definition) is 5. The van der Waals surface area contributed by atoms with Gasteiger partial charge in [0.05, 0.1) is 10.2 Å². The maximum atomic E-state index is 12.8. The van der Waals surface area contributed by atoms with E-state index in [2.05, 4.69) is 21.7 Å². The van der Waals surface area contributed by atoms with E-state index in [4.69, 9.17) is 0 Å². The average Bonchev–Trinajstić information content (AvgIpc) is 3.38. The molecule has 28 heavy (non-hydrogen) atoms. The van der Waals surface area contributed by atoms with Crippen LogP contribution in [0.25, 0.3) is 10.2 Å². The first-order valence-electron chi connectivity index (χ1n) is 10.4. The number of likely N-dealkylation sites (tertiary alicyclic amines) is 1. The average molecular weight is 401 g/mol. The number of fused-ring (bicyclic) bond motifs is 1. The summed E-state index contributed by atoms with van der Waals surface area (Å²) in [6.07, 6.45) is 7.16. The van der Waals surface area contributed by atoms with E-state index in [0.29, 0.717) is 13.1 Å². The largest absolute Gasteiger partial charge is 0.360 e. The van der Waals surface area contributed by atoms with Crippen molar-refractivity contribution in [3.63, 3.8) is 0 Å². The molecule has 1 saturated heterocycles. The Labute approximate surface area is 169 Å². The number of carbonyl (C=O) groups excluding carboxylic acids is 2. The third kappa shape index (κ3) is 4.29. The fourth-order valence-electron chi connectivity index (χ4n) is 4.31. The molecule has 2 heterocycles. The Bertz CT molecular complexity index is 798. The Morgan fingerprint density at radius 2 is 1.89 bits per heavy atom. The molecular formula is C21H28N4O2S. The monoisotopic (exact) mass is 400 g/mol. The second kappa shape index (κ2) is 8.90. The summed E-state index contributed by atoms with van der Waals surface area (Å²) >= 11 is 1.61. The van der Waals surface area contributed by atoms with Gasteiger partial charge in [0.2, 0.25) is 11.8 Å². The van der Waals surface area contributed by atoms with Gasteiger partial charge in [-0.1, -0.05) is 42.7 Å². The van der Waals surface area contributed by atoms with Crippen LogP contribution in [0.1, 0.15) is 44.9 Å². The number of thiazole rings is 1. The Morgan fingerprint density at radius 3 is 2.71 bits per heavy atom.